The van der Waals surface area contributed by atoms with E-state index in [2.05, 4.69) is 5.32 Å². The smallest absolute Gasteiger partial charge is 0.237 e. The van der Waals surface area contributed by atoms with Crippen molar-refractivity contribution in [1.29, 1.82) is 0 Å². The summed E-state index contributed by atoms with van der Waals surface area (Å²) in [6, 6.07) is 3.42. The lowest BCUT2D eigenvalue weighted by Crippen LogP contribution is -2.40. The van der Waals surface area contributed by atoms with E-state index < -0.39 is 11.9 Å². The highest BCUT2D eigenvalue weighted by Crippen LogP contribution is 2.15. The Kier molecular flexibility index (Phi) is 4.05. The molecule has 3 nitrogen and oxygen atoms in total. The van der Waals surface area contributed by atoms with Crippen LogP contribution in [0.4, 0.5) is 4.39 Å². The molecule has 1 amide bonds. The van der Waals surface area contributed by atoms with Crippen LogP contribution in [-0.2, 0) is 11.2 Å². The van der Waals surface area contributed by atoms with Crippen molar-refractivity contribution in [2.24, 2.45) is 5.73 Å². The van der Waals surface area contributed by atoms with Gasteiger partial charge >= 0.3 is 0 Å². The maximum atomic E-state index is 13.3. The molecule has 0 spiro atoms. The summed E-state index contributed by atoms with van der Waals surface area (Å²) in [5, 5.41) is 2.83. The molecule has 0 aromatic heterocycles. The second kappa shape index (κ2) is 5.09. The second-order valence-corrected chi connectivity index (χ2v) is 3.60. The van der Waals surface area contributed by atoms with Gasteiger partial charge in [0.1, 0.15) is 5.82 Å². The molecule has 0 aliphatic heterocycles. The zero-order valence-electron chi connectivity index (χ0n) is 8.26. The largest absolute Gasteiger partial charge is 0.358 e. The summed E-state index contributed by atoms with van der Waals surface area (Å²) in [6.45, 7) is 0. The van der Waals surface area contributed by atoms with Crippen molar-refractivity contribution in [3.63, 3.8) is 0 Å². The van der Waals surface area contributed by atoms with Gasteiger partial charge in [0, 0.05) is 12.1 Å². The minimum Gasteiger partial charge on any atom is -0.358 e. The van der Waals surface area contributed by atoms with Crippen molar-refractivity contribution in [3.8, 4) is 0 Å². The molecule has 0 radical (unpaired) electrons. The van der Waals surface area contributed by atoms with Crippen LogP contribution in [0.2, 0.25) is 5.02 Å². The third kappa shape index (κ3) is 3.18. The van der Waals surface area contributed by atoms with Crippen molar-refractivity contribution in [1.82, 2.24) is 5.32 Å². The van der Waals surface area contributed by atoms with Crippen molar-refractivity contribution >= 4 is 17.5 Å². The van der Waals surface area contributed by atoms with E-state index >= 15 is 0 Å². The van der Waals surface area contributed by atoms with Crippen molar-refractivity contribution < 1.29 is 9.18 Å². The topological polar surface area (TPSA) is 55.1 Å². The molecular weight excluding hydrogens is 219 g/mol. The van der Waals surface area contributed by atoms with Crippen LogP contribution in [0.25, 0.3) is 0 Å². The fraction of sp³-hybridized carbons (Fsp3) is 0.300. The molecule has 0 aliphatic carbocycles. The lowest BCUT2D eigenvalue weighted by atomic mass is 10.1. The van der Waals surface area contributed by atoms with Crippen molar-refractivity contribution in [2.45, 2.75) is 12.5 Å². The number of benzene rings is 1. The van der Waals surface area contributed by atoms with E-state index in [4.69, 9.17) is 17.3 Å². The molecule has 5 heteroatoms. The highest BCUT2D eigenvalue weighted by Gasteiger charge is 2.14. The van der Waals surface area contributed by atoms with Gasteiger partial charge in [-0.25, -0.2) is 4.39 Å². The Morgan fingerprint density at radius 2 is 2.33 bits per heavy atom. The Morgan fingerprint density at radius 3 is 2.93 bits per heavy atom. The fourth-order valence-corrected chi connectivity index (χ4v) is 1.41. The zero-order chi connectivity index (χ0) is 11.4. The number of likely N-dealkylation sites (N-methyl/N-ethyl adjacent to an activating group) is 1. The molecule has 15 heavy (non-hydrogen) atoms. The van der Waals surface area contributed by atoms with E-state index in [1.165, 1.54) is 25.2 Å². The van der Waals surface area contributed by atoms with Gasteiger partial charge in [-0.15, -0.1) is 0 Å². The number of hydrogen-bond donors (Lipinski definition) is 2. The third-order valence-corrected chi connectivity index (χ3v) is 2.27. The fourth-order valence-electron chi connectivity index (χ4n) is 1.21. The lowest BCUT2D eigenvalue weighted by molar-refractivity contribution is -0.121. The number of rotatable bonds is 3. The maximum absolute atomic E-state index is 13.3. The molecule has 1 unspecified atom stereocenters. The third-order valence-electron chi connectivity index (χ3n) is 2.03. The Labute approximate surface area is 92.4 Å². The first-order valence-corrected chi connectivity index (χ1v) is 4.83. The van der Waals surface area contributed by atoms with Crippen molar-refractivity contribution in [3.05, 3.63) is 34.6 Å². The Balaban J connectivity index is 2.80. The van der Waals surface area contributed by atoms with E-state index in [-0.39, 0.29) is 12.3 Å². The molecule has 0 saturated carbocycles. The van der Waals surface area contributed by atoms with E-state index in [0.717, 1.165) is 0 Å². The molecule has 1 aromatic rings. The Bertz CT molecular complexity index is 370. The number of hydrogen-bond acceptors (Lipinski definition) is 2. The second-order valence-electron chi connectivity index (χ2n) is 3.16. The molecule has 0 fully saturated rings. The van der Waals surface area contributed by atoms with Gasteiger partial charge in [-0.1, -0.05) is 11.6 Å². The van der Waals surface area contributed by atoms with Gasteiger partial charge in [-0.05, 0) is 30.2 Å². The molecule has 0 aliphatic rings. The SMILES string of the molecule is CNC(=O)C(N)Cc1cc(Cl)ccc1F. The van der Waals surface area contributed by atoms with E-state index in [0.29, 0.717) is 10.6 Å². The number of nitrogens with one attached hydrogen (secondary N) is 1. The van der Waals surface area contributed by atoms with Gasteiger partial charge in [0.2, 0.25) is 5.91 Å². The molecule has 0 saturated heterocycles. The van der Waals surface area contributed by atoms with Crippen LogP contribution in [0, 0.1) is 5.82 Å². The summed E-state index contributed by atoms with van der Waals surface area (Å²) in [6.07, 6.45) is 0.131. The molecule has 82 valence electrons. The quantitative estimate of drug-likeness (QED) is 0.817. The predicted molar refractivity (Wildman–Crippen MR) is 57.2 cm³/mol. The maximum Gasteiger partial charge on any atom is 0.237 e. The van der Waals surface area contributed by atoms with Crippen LogP contribution >= 0.6 is 11.6 Å². The molecule has 3 N–H and O–H groups in total. The number of carbonyl (C=O) groups is 1. The number of nitrogens with two attached hydrogens (primary N) is 1. The summed E-state index contributed by atoms with van der Waals surface area (Å²) in [5.41, 5.74) is 5.90. The first-order chi connectivity index (χ1) is 7.04. The highest BCUT2D eigenvalue weighted by atomic mass is 35.5. The summed E-state index contributed by atoms with van der Waals surface area (Å²) in [4.78, 5) is 11.1. The first-order valence-electron chi connectivity index (χ1n) is 4.45. The van der Waals surface area contributed by atoms with Crippen LogP contribution in [0.5, 0.6) is 0 Å². The van der Waals surface area contributed by atoms with E-state index in [9.17, 15) is 9.18 Å². The molecule has 1 aromatic carbocycles. The molecule has 1 atom stereocenters. The zero-order valence-corrected chi connectivity index (χ0v) is 9.01. The molecule has 0 bridgehead atoms. The predicted octanol–water partition coefficient (Wildman–Crippen LogP) is 1.09. The van der Waals surface area contributed by atoms with Crippen LogP contribution in [-0.4, -0.2) is 19.0 Å². The van der Waals surface area contributed by atoms with Gasteiger partial charge in [-0.3, -0.25) is 4.79 Å². The van der Waals surface area contributed by atoms with Crippen LogP contribution in [0.15, 0.2) is 18.2 Å². The summed E-state index contributed by atoms with van der Waals surface area (Å²) < 4.78 is 13.3. The molecule has 0 heterocycles. The molecule has 1 rings (SSSR count). The summed E-state index contributed by atoms with van der Waals surface area (Å²) in [7, 11) is 1.48. The lowest BCUT2D eigenvalue weighted by Gasteiger charge is -2.10. The summed E-state index contributed by atoms with van der Waals surface area (Å²) >= 11 is 5.71. The monoisotopic (exact) mass is 230 g/mol. The first kappa shape index (κ1) is 11.9. The van der Waals surface area contributed by atoms with Gasteiger partial charge in [0.05, 0.1) is 6.04 Å². The average Bonchev–Trinajstić information content (AvgIpc) is 2.22. The highest BCUT2D eigenvalue weighted by molar-refractivity contribution is 6.30. The minimum absolute atomic E-state index is 0.131. The molecular formula is C10H12ClFN2O. The Morgan fingerprint density at radius 1 is 1.67 bits per heavy atom. The number of carbonyl (C=O) groups excluding carboxylic acids is 1. The average molecular weight is 231 g/mol. The number of halogens is 2. The van der Waals surface area contributed by atoms with Gasteiger partial charge in [-0.2, -0.15) is 0 Å². The van der Waals surface area contributed by atoms with Crippen LogP contribution in [0.3, 0.4) is 0 Å². The van der Waals surface area contributed by atoms with Gasteiger partial charge in [0.25, 0.3) is 0 Å². The minimum atomic E-state index is -0.761. The van der Waals surface area contributed by atoms with E-state index in [1.54, 1.807) is 0 Å². The standard InChI is InChI=1S/C10H12ClFN2O/c1-14-10(15)9(13)5-6-4-7(11)2-3-8(6)12/h2-4,9H,5,13H2,1H3,(H,14,15). The van der Waals surface area contributed by atoms with E-state index in [1.807, 2.05) is 0 Å². The Hall–Kier alpha value is -1.13. The van der Waals surface area contributed by atoms with Crippen LogP contribution in [0.1, 0.15) is 5.56 Å². The normalized spacial score (nSPS) is 12.3. The van der Waals surface area contributed by atoms with Gasteiger partial charge < -0.3 is 11.1 Å². The van der Waals surface area contributed by atoms with Gasteiger partial charge in [0.15, 0.2) is 0 Å². The summed E-state index contributed by atoms with van der Waals surface area (Å²) in [5.74, 6) is -0.729. The number of amides is 1. The van der Waals surface area contributed by atoms with Crippen molar-refractivity contribution in [2.75, 3.05) is 7.05 Å². The van der Waals surface area contributed by atoms with Crippen LogP contribution < -0.4 is 11.1 Å².